The van der Waals surface area contributed by atoms with Crippen molar-refractivity contribution < 1.29 is 13.2 Å². The van der Waals surface area contributed by atoms with Crippen molar-refractivity contribution in [2.75, 3.05) is 23.7 Å². The number of nitriles is 1. The summed E-state index contributed by atoms with van der Waals surface area (Å²) in [5, 5.41) is 14.2. The van der Waals surface area contributed by atoms with Crippen LogP contribution in [0.5, 0.6) is 0 Å². The molecule has 0 saturated heterocycles. The molecule has 2 aromatic rings. The lowest BCUT2D eigenvalue weighted by Crippen LogP contribution is -2.32. The third-order valence-electron chi connectivity index (χ3n) is 3.52. The fourth-order valence-corrected chi connectivity index (χ4v) is 1.84. The van der Waals surface area contributed by atoms with E-state index in [-0.39, 0.29) is 24.0 Å². The summed E-state index contributed by atoms with van der Waals surface area (Å²) in [5.74, 6) is -0.365. The van der Waals surface area contributed by atoms with E-state index in [9.17, 15) is 13.2 Å². The molecule has 0 fully saturated rings. The SMILES string of the molecule is CC(C)(CN)CNc1nc(Nc2ccc(C#N)nc2)ncc1C(F)(F)F. The lowest BCUT2D eigenvalue weighted by Gasteiger charge is -2.24. The van der Waals surface area contributed by atoms with E-state index in [2.05, 4.69) is 25.6 Å². The molecule has 0 aliphatic rings. The Labute approximate surface area is 148 Å². The summed E-state index contributed by atoms with van der Waals surface area (Å²) in [6.45, 7) is 4.17. The molecule has 0 bridgehead atoms. The van der Waals surface area contributed by atoms with Gasteiger partial charge >= 0.3 is 6.18 Å². The molecule has 0 spiro atoms. The zero-order valence-electron chi connectivity index (χ0n) is 14.2. The Balaban J connectivity index is 2.28. The van der Waals surface area contributed by atoms with Gasteiger partial charge in [0.1, 0.15) is 23.1 Å². The van der Waals surface area contributed by atoms with Crippen molar-refractivity contribution in [2.45, 2.75) is 20.0 Å². The van der Waals surface area contributed by atoms with E-state index in [1.807, 2.05) is 19.9 Å². The summed E-state index contributed by atoms with van der Waals surface area (Å²) in [7, 11) is 0. The largest absolute Gasteiger partial charge is 0.421 e. The van der Waals surface area contributed by atoms with Crippen molar-refractivity contribution in [1.29, 1.82) is 5.26 Å². The zero-order valence-corrected chi connectivity index (χ0v) is 14.2. The van der Waals surface area contributed by atoms with Crippen LogP contribution in [-0.2, 0) is 6.18 Å². The third-order valence-corrected chi connectivity index (χ3v) is 3.52. The smallest absolute Gasteiger partial charge is 0.369 e. The Morgan fingerprint density at radius 1 is 1.19 bits per heavy atom. The normalized spacial score (nSPS) is 11.7. The Morgan fingerprint density at radius 3 is 2.46 bits per heavy atom. The number of nitrogens with one attached hydrogen (secondary N) is 2. The van der Waals surface area contributed by atoms with Crippen molar-refractivity contribution in [3.05, 3.63) is 35.8 Å². The highest BCUT2D eigenvalue weighted by Gasteiger charge is 2.35. The number of nitrogens with zero attached hydrogens (tertiary/aromatic N) is 4. The molecule has 0 aromatic carbocycles. The van der Waals surface area contributed by atoms with Crippen molar-refractivity contribution in [3.63, 3.8) is 0 Å². The van der Waals surface area contributed by atoms with Gasteiger partial charge in [0.15, 0.2) is 0 Å². The molecular formula is C16H18F3N7. The molecule has 0 atom stereocenters. The maximum absolute atomic E-state index is 13.2. The number of hydrogen-bond acceptors (Lipinski definition) is 7. The predicted molar refractivity (Wildman–Crippen MR) is 90.6 cm³/mol. The van der Waals surface area contributed by atoms with Crippen LogP contribution < -0.4 is 16.4 Å². The second-order valence-electron chi connectivity index (χ2n) is 6.34. The maximum Gasteiger partial charge on any atom is 0.421 e. The number of alkyl halides is 3. The number of nitrogens with two attached hydrogens (primary N) is 1. The first-order valence-electron chi connectivity index (χ1n) is 7.66. The number of rotatable bonds is 6. The Bertz CT molecular complexity index is 795. The Kier molecular flexibility index (Phi) is 5.62. The van der Waals surface area contributed by atoms with Crippen LogP contribution in [0.3, 0.4) is 0 Å². The quantitative estimate of drug-likeness (QED) is 0.721. The highest BCUT2D eigenvalue weighted by molar-refractivity contribution is 5.56. The lowest BCUT2D eigenvalue weighted by atomic mass is 9.94. The molecule has 2 rings (SSSR count). The summed E-state index contributed by atoms with van der Waals surface area (Å²) in [6, 6.07) is 4.89. The number of hydrogen-bond donors (Lipinski definition) is 3. The van der Waals surface area contributed by atoms with Crippen LogP contribution in [0.2, 0.25) is 0 Å². The predicted octanol–water partition coefficient (Wildman–Crippen LogP) is 2.90. The van der Waals surface area contributed by atoms with Crippen LogP contribution in [0.25, 0.3) is 0 Å². The maximum atomic E-state index is 13.2. The fourth-order valence-electron chi connectivity index (χ4n) is 1.84. The van der Waals surface area contributed by atoms with Crippen molar-refractivity contribution in [3.8, 4) is 6.07 Å². The molecule has 138 valence electrons. The van der Waals surface area contributed by atoms with Crippen LogP contribution in [-0.4, -0.2) is 28.0 Å². The molecule has 4 N–H and O–H groups in total. The van der Waals surface area contributed by atoms with E-state index in [0.717, 1.165) is 0 Å². The van der Waals surface area contributed by atoms with Gasteiger partial charge in [0.05, 0.1) is 11.9 Å². The molecule has 0 aliphatic heterocycles. The topological polar surface area (TPSA) is 113 Å². The van der Waals surface area contributed by atoms with Crippen LogP contribution in [0.4, 0.5) is 30.6 Å². The van der Waals surface area contributed by atoms with Crippen LogP contribution in [0.15, 0.2) is 24.5 Å². The lowest BCUT2D eigenvalue weighted by molar-refractivity contribution is -0.137. The standard InChI is InChI=1S/C16H18F3N7/c1-15(2,8-21)9-24-13-12(16(17,18)19)7-23-14(26-13)25-11-4-3-10(5-20)22-6-11/h3-4,6-7H,8-9,21H2,1-2H3,(H2,23,24,25,26). The molecule has 10 heteroatoms. The molecule has 2 heterocycles. The summed E-state index contributed by atoms with van der Waals surface area (Å²) in [5.41, 5.74) is 4.90. The second kappa shape index (κ2) is 7.53. The summed E-state index contributed by atoms with van der Waals surface area (Å²) < 4.78 is 39.6. The van der Waals surface area contributed by atoms with Crippen LogP contribution in [0.1, 0.15) is 25.1 Å². The van der Waals surface area contributed by atoms with Gasteiger partial charge in [0.25, 0.3) is 0 Å². The highest BCUT2D eigenvalue weighted by atomic mass is 19.4. The summed E-state index contributed by atoms with van der Waals surface area (Å²) in [6.07, 6.45) is -2.52. The molecule has 0 amide bonds. The number of aromatic nitrogens is 3. The first-order chi connectivity index (χ1) is 12.1. The van der Waals surface area contributed by atoms with E-state index in [0.29, 0.717) is 18.4 Å². The van der Waals surface area contributed by atoms with E-state index in [1.54, 1.807) is 6.07 Å². The van der Waals surface area contributed by atoms with E-state index in [1.165, 1.54) is 12.3 Å². The molecule has 7 nitrogen and oxygen atoms in total. The average molecular weight is 365 g/mol. The van der Waals surface area contributed by atoms with Crippen molar-refractivity contribution >= 4 is 17.5 Å². The van der Waals surface area contributed by atoms with E-state index in [4.69, 9.17) is 11.0 Å². The second-order valence-corrected chi connectivity index (χ2v) is 6.34. The number of anilines is 3. The molecule has 26 heavy (non-hydrogen) atoms. The molecule has 0 radical (unpaired) electrons. The van der Waals surface area contributed by atoms with Gasteiger partial charge in [-0.25, -0.2) is 9.97 Å². The minimum atomic E-state index is -4.59. The van der Waals surface area contributed by atoms with E-state index >= 15 is 0 Å². The van der Waals surface area contributed by atoms with Gasteiger partial charge in [-0.2, -0.15) is 23.4 Å². The van der Waals surface area contributed by atoms with Gasteiger partial charge in [0.2, 0.25) is 5.95 Å². The van der Waals surface area contributed by atoms with Gasteiger partial charge in [-0.15, -0.1) is 0 Å². The number of pyridine rings is 1. The average Bonchev–Trinajstić information content (AvgIpc) is 2.60. The first kappa shape index (κ1) is 19.4. The van der Waals surface area contributed by atoms with Crippen LogP contribution in [0, 0.1) is 16.7 Å². The summed E-state index contributed by atoms with van der Waals surface area (Å²) >= 11 is 0. The van der Waals surface area contributed by atoms with Gasteiger partial charge < -0.3 is 16.4 Å². The minimum Gasteiger partial charge on any atom is -0.369 e. The Hall–Kier alpha value is -2.93. The molecule has 0 aliphatic carbocycles. The highest BCUT2D eigenvalue weighted by Crippen LogP contribution is 2.34. The molecule has 0 unspecified atom stereocenters. The van der Waals surface area contributed by atoms with Crippen LogP contribution >= 0.6 is 0 Å². The molecule has 2 aromatic heterocycles. The first-order valence-corrected chi connectivity index (χ1v) is 7.66. The minimum absolute atomic E-state index is 0.0300. The third kappa shape index (κ3) is 5.03. The monoisotopic (exact) mass is 365 g/mol. The van der Waals surface area contributed by atoms with Crippen molar-refractivity contribution in [1.82, 2.24) is 15.0 Å². The number of halogens is 3. The van der Waals surface area contributed by atoms with Gasteiger partial charge in [0, 0.05) is 12.7 Å². The van der Waals surface area contributed by atoms with E-state index < -0.39 is 17.2 Å². The Morgan fingerprint density at radius 2 is 1.92 bits per heavy atom. The molecule has 0 saturated carbocycles. The van der Waals surface area contributed by atoms with Crippen molar-refractivity contribution in [2.24, 2.45) is 11.1 Å². The summed E-state index contributed by atoms with van der Waals surface area (Å²) in [4.78, 5) is 11.5. The molecular weight excluding hydrogens is 347 g/mol. The van der Waals surface area contributed by atoms with Gasteiger partial charge in [-0.05, 0) is 24.1 Å². The zero-order chi connectivity index (χ0) is 19.4. The van der Waals surface area contributed by atoms with Gasteiger partial charge in [-0.1, -0.05) is 13.8 Å². The van der Waals surface area contributed by atoms with Gasteiger partial charge in [-0.3, -0.25) is 0 Å². The fraction of sp³-hybridized carbons (Fsp3) is 0.375.